The summed E-state index contributed by atoms with van der Waals surface area (Å²) in [4.78, 5) is 13.4. The topological polar surface area (TPSA) is 58.9 Å². The monoisotopic (exact) mass is 397 g/mol. The fourth-order valence-corrected chi connectivity index (χ4v) is 1.98. The highest BCUT2D eigenvalue weighted by Gasteiger charge is 2.01. The molecule has 2 aromatic carbocycles. The molecule has 0 aromatic heterocycles. The van der Waals surface area contributed by atoms with Crippen molar-refractivity contribution in [1.82, 2.24) is 0 Å². The molecular weight excluding hydrogens is 369 g/mol. The summed E-state index contributed by atoms with van der Waals surface area (Å²) in [6.07, 6.45) is 7.97. The normalized spacial score (nSPS) is 10.5. The first-order valence-electron chi connectivity index (χ1n) is 9.23. The predicted molar refractivity (Wildman–Crippen MR) is 117 cm³/mol. The van der Waals surface area contributed by atoms with E-state index in [0.29, 0.717) is 23.6 Å². The molecule has 0 spiro atoms. The maximum Gasteiger partial charge on any atom is 0.300 e. The van der Waals surface area contributed by atoms with E-state index in [1.54, 1.807) is 12.1 Å². The molecule has 0 atom stereocenters. The van der Waals surface area contributed by atoms with Crippen LogP contribution in [0.25, 0.3) is 0 Å². The summed E-state index contributed by atoms with van der Waals surface area (Å²) >= 11 is 0. The second kappa shape index (κ2) is 14.6. The molecule has 5 heteroatoms. The minimum Gasteiger partial charge on any atom is -0.481 e. The van der Waals surface area contributed by atoms with E-state index in [0.717, 1.165) is 18.2 Å². The van der Waals surface area contributed by atoms with Crippen LogP contribution in [0.15, 0.2) is 65.3 Å². The number of nitrogens with zero attached hydrogens (tertiary/aromatic N) is 1. The molecule has 154 valence electrons. The Morgan fingerprint density at radius 1 is 1.10 bits per heavy atom. The third-order valence-corrected chi connectivity index (χ3v) is 3.21. The number of aliphatic carboxylic acids is 1. The van der Waals surface area contributed by atoms with Crippen LogP contribution in [-0.2, 0) is 11.2 Å². The van der Waals surface area contributed by atoms with E-state index in [1.165, 1.54) is 12.1 Å². The first-order valence-corrected chi connectivity index (χ1v) is 9.23. The van der Waals surface area contributed by atoms with Gasteiger partial charge in [-0.15, -0.1) is 6.42 Å². The molecule has 0 aliphatic carbocycles. The first-order chi connectivity index (χ1) is 13.8. The highest BCUT2D eigenvalue weighted by atomic mass is 19.1. The smallest absolute Gasteiger partial charge is 0.300 e. The van der Waals surface area contributed by atoms with Crippen LogP contribution in [0.5, 0.6) is 11.5 Å². The molecule has 0 unspecified atom stereocenters. The lowest BCUT2D eigenvalue weighted by molar-refractivity contribution is -0.134. The van der Waals surface area contributed by atoms with E-state index in [-0.39, 0.29) is 5.82 Å². The number of ether oxygens (including phenoxy) is 1. The fraction of sp³-hybridized carbons (Fsp3) is 0.250. The summed E-state index contributed by atoms with van der Waals surface area (Å²) in [5, 5.41) is 7.42. The van der Waals surface area contributed by atoms with Gasteiger partial charge in [0.25, 0.3) is 5.97 Å². The minimum absolute atomic E-state index is 0.283. The molecule has 4 nitrogen and oxygen atoms in total. The summed E-state index contributed by atoms with van der Waals surface area (Å²) < 4.78 is 18.5. The molecule has 0 saturated heterocycles. The van der Waals surface area contributed by atoms with Gasteiger partial charge in [0.1, 0.15) is 17.3 Å². The number of carbonyl (C=O) groups is 1. The largest absolute Gasteiger partial charge is 0.481 e. The molecule has 1 N–H and O–H groups in total. The average molecular weight is 397 g/mol. The van der Waals surface area contributed by atoms with Crippen LogP contribution >= 0.6 is 0 Å². The number of hydrogen-bond acceptors (Lipinski definition) is 3. The van der Waals surface area contributed by atoms with Crippen LogP contribution in [0, 0.1) is 18.2 Å². The number of benzene rings is 2. The quantitative estimate of drug-likeness (QED) is 0.477. The van der Waals surface area contributed by atoms with Crippen molar-refractivity contribution in [2.75, 3.05) is 0 Å². The van der Waals surface area contributed by atoms with Gasteiger partial charge in [0, 0.05) is 19.0 Å². The summed E-state index contributed by atoms with van der Waals surface area (Å²) in [6.45, 7) is 8.83. The first kappa shape index (κ1) is 25.6. The van der Waals surface area contributed by atoms with Gasteiger partial charge in [0.15, 0.2) is 0 Å². The second-order valence-electron chi connectivity index (χ2n) is 5.52. The molecule has 0 heterocycles. The number of hydrogen-bond donors (Lipinski definition) is 1. The lowest BCUT2D eigenvalue weighted by Gasteiger charge is -2.07. The van der Waals surface area contributed by atoms with Crippen molar-refractivity contribution in [2.24, 2.45) is 4.99 Å². The van der Waals surface area contributed by atoms with Gasteiger partial charge in [-0.25, -0.2) is 9.38 Å². The van der Waals surface area contributed by atoms with Crippen LogP contribution in [0.2, 0.25) is 0 Å². The zero-order valence-corrected chi connectivity index (χ0v) is 17.6. The average Bonchev–Trinajstić information content (AvgIpc) is 2.71. The van der Waals surface area contributed by atoms with Gasteiger partial charge in [-0.1, -0.05) is 38.0 Å². The Hall–Kier alpha value is -3.39. The van der Waals surface area contributed by atoms with E-state index in [9.17, 15) is 4.39 Å². The highest BCUT2D eigenvalue weighted by molar-refractivity contribution is 5.98. The Morgan fingerprint density at radius 3 is 1.97 bits per heavy atom. The number of carboxylic acid groups (broad SMARTS) is 1. The van der Waals surface area contributed by atoms with Crippen LogP contribution in [0.1, 0.15) is 40.2 Å². The van der Waals surface area contributed by atoms with E-state index in [4.69, 9.17) is 21.1 Å². The maximum absolute atomic E-state index is 12.9. The molecule has 0 fully saturated rings. The number of allylic oxidation sites excluding steroid dienone is 2. The Bertz CT molecular complexity index is 841. The molecule has 29 heavy (non-hydrogen) atoms. The van der Waals surface area contributed by atoms with Gasteiger partial charge in [-0.2, -0.15) is 0 Å². The fourth-order valence-electron chi connectivity index (χ4n) is 1.98. The van der Waals surface area contributed by atoms with Gasteiger partial charge < -0.3 is 9.84 Å². The molecule has 0 saturated carbocycles. The summed E-state index contributed by atoms with van der Waals surface area (Å²) in [6, 6.07) is 13.6. The van der Waals surface area contributed by atoms with Crippen molar-refractivity contribution in [3.8, 4) is 23.8 Å². The minimum atomic E-state index is -0.833. The third kappa shape index (κ3) is 11.8. The predicted octanol–water partition coefficient (Wildman–Crippen LogP) is 6.28. The summed E-state index contributed by atoms with van der Waals surface area (Å²) in [5.41, 5.74) is 2.69. The Balaban J connectivity index is 0.00000116. The van der Waals surface area contributed by atoms with Crippen LogP contribution in [0.3, 0.4) is 0 Å². The van der Waals surface area contributed by atoms with Crippen LogP contribution < -0.4 is 4.74 Å². The van der Waals surface area contributed by atoms with E-state index in [2.05, 4.69) is 10.9 Å². The van der Waals surface area contributed by atoms with Gasteiger partial charge in [0.2, 0.25) is 0 Å². The lowest BCUT2D eigenvalue weighted by atomic mass is 10.1. The van der Waals surface area contributed by atoms with Gasteiger partial charge in [-0.3, -0.25) is 4.79 Å². The van der Waals surface area contributed by atoms with Gasteiger partial charge in [-0.05, 0) is 55.8 Å². The molecule has 0 radical (unpaired) electrons. The lowest BCUT2D eigenvalue weighted by Crippen LogP contribution is -1.93. The third-order valence-electron chi connectivity index (χ3n) is 3.21. The van der Waals surface area contributed by atoms with Crippen molar-refractivity contribution in [3.63, 3.8) is 0 Å². The zero-order chi connectivity index (χ0) is 22.2. The van der Waals surface area contributed by atoms with Crippen molar-refractivity contribution >= 4 is 11.7 Å². The second-order valence-corrected chi connectivity index (χ2v) is 5.52. The van der Waals surface area contributed by atoms with Crippen molar-refractivity contribution in [2.45, 2.75) is 41.0 Å². The molecule has 2 aromatic rings. The number of terminal acetylenes is 1. The highest BCUT2D eigenvalue weighted by Crippen LogP contribution is 2.22. The molecule has 0 aliphatic heterocycles. The Labute approximate surface area is 172 Å². The molecule has 0 amide bonds. The SMILES string of the molecule is C#CC(C)=N/C(=C\C)Cc1ccc(Oc2ccc(F)cc2)cc1.CC.CC(=O)O. The van der Waals surface area contributed by atoms with Crippen molar-refractivity contribution < 1.29 is 19.0 Å². The van der Waals surface area contributed by atoms with Gasteiger partial charge in [0.05, 0.1) is 5.71 Å². The maximum atomic E-state index is 12.9. The Morgan fingerprint density at radius 2 is 1.55 bits per heavy atom. The van der Waals surface area contributed by atoms with Crippen molar-refractivity contribution in [3.05, 3.63) is 71.7 Å². The van der Waals surface area contributed by atoms with E-state index >= 15 is 0 Å². The summed E-state index contributed by atoms with van der Waals surface area (Å²) in [5.74, 6) is 2.70. The van der Waals surface area contributed by atoms with Crippen molar-refractivity contribution in [1.29, 1.82) is 0 Å². The molecule has 2 rings (SSSR count). The zero-order valence-electron chi connectivity index (χ0n) is 17.6. The molecular formula is C24H28FNO3. The Kier molecular flexibility index (Phi) is 12.9. The number of rotatable bonds is 5. The molecule has 0 aliphatic rings. The van der Waals surface area contributed by atoms with Crippen LogP contribution in [0.4, 0.5) is 4.39 Å². The van der Waals surface area contributed by atoms with Gasteiger partial charge >= 0.3 is 0 Å². The number of aliphatic imine (C=N–C) groups is 1. The van der Waals surface area contributed by atoms with E-state index < -0.39 is 5.97 Å². The standard InChI is InChI=1S/C20H18FNO.C2H4O2.C2H6/c1-4-15(3)22-18(5-2)14-16-6-10-19(11-7-16)23-20-12-8-17(21)9-13-20;1-2(3)4;1-2/h1,5-13H,14H2,2-3H3;1H3,(H,3,4);1-2H3/b18-5-,22-15?;;. The number of halogens is 1. The summed E-state index contributed by atoms with van der Waals surface area (Å²) in [7, 11) is 0. The van der Waals surface area contributed by atoms with E-state index in [1.807, 2.05) is 58.0 Å². The number of carboxylic acids is 1. The molecule has 0 bridgehead atoms. The van der Waals surface area contributed by atoms with Crippen LogP contribution in [-0.4, -0.2) is 16.8 Å².